The van der Waals surface area contributed by atoms with Crippen molar-refractivity contribution in [1.82, 2.24) is 9.55 Å². The summed E-state index contributed by atoms with van der Waals surface area (Å²) < 4.78 is 16.8. The molecule has 6 heteroatoms. The van der Waals surface area contributed by atoms with Crippen molar-refractivity contribution in [3.05, 3.63) is 42.1 Å². The van der Waals surface area contributed by atoms with E-state index in [1.807, 2.05) is 10.6 Å². The number of hydrogen-bond acceptors (Lipinski definition) is 4. The van der Waals surface area contributed by atoms with E-state index in [4.69, 9.17) is 0 Å². The highest BCUT2D eigenvalue weighted by molar-refractivity contribution is 5.69. The summed E-state index contributed by atoms with van der Waals surface area (Å²) in [6.07, 6.45) is 7.69. The SMILES string of the molecule is OCC1(O)C2CC3CC1CC(C(O)CC1c4c(F)cccc4-c4cncn41)(C3)C2. The highest BCUT2D eigenvalue weighted by Crippen LogP contribution is 2.65. The summed E-state index contributed by atoms with van der Waals surface area (Å²) >= 11 is 0. The Bertz CT molecular complexity index is 957. The number of aliphatic hydroxyl groups excluding tert-OH is 2. The standard InChI is InChI=1S/C23H27FN2O3/c24-17-3-1-2-16-19-10-25-12-26(19)18(21(16)17)6-20(28)22-7-13-4-14(8-22)23(29,11-27)15(5-13)9-22/h1-3,10,12-15,18,20,27-29H,4-9,11H2. The number of aromatic nitrogens is 2. The van der Waals surface area contributed by atoms with E-state index in [-0.39, 0.29) is 35.7 Å². The van der Waals surface area contributed by atoms with E-state index in [0.29, 0.717) is 17.9 Å². The van der Waals surface area contributed by atoms with Gasteiger partial charge in [0.2, 0.25) is 0 Å². The molecule has 2 aromatic rings. The molecular weight excluding hydrogens is 371 g/mol. The molecule has 1 aromatic carbocycles. The summed E-state index contributed by atoms with van der Waals surface area (Å²) in [5.74, 6) is 0.364. The van der Waals surface area contributed by atoms with Crippen LogP contribution in [0.2, 0.25) is 0 Å². The van der Waals surface area contributed by atoms with E-state index in [9.17, 15) is 19.7 Å². The van der Waals surface area contributed by atoms with Gasteiger partial charge in [0.1, 0.15) is 5.82 Å². The number of rotatable bonds is 4. The van der Waals surface area contributed by atoms with Gasteiger partial charge in [-0.05, 0) is 67.8 Å². The molecule has 2 heterocycles. The largest absolute Gasteiger partial charge is 0.393 e. The third-order valence-electron chi connectivity index (χ3n) is 8.72. The maximum absolute atomic E-state index is 14.8. The lowest BCUT2D eigenvalue weighted by atomic mass is 9.43. The van der Waals surface area contributed by atoms with Crippen LogP contribution in [0, 0.1) is 29.0 Å². The van der Waals surface area contributed by atoms with Crippen LogP contribution in [0.3, 0.4) is 0 Å². The van der Waals surface area contributed by atoms with Gasteiger partial charge in [-0.2, -0.15) is 0 Å². The second kappa shape index (κ2) is 5.90. The smallest absolute Gasteiger partial charge is 0.129 e. The van der Waals surface area contributed by atoms with E-state index in [0.717, 1.165) is 43.4 Å². The fourth-order valence-electron chi connectivity index (χ4n) is 7.49. The van der Waals surface area contributed by atoms with E-state index in [2.05, 4.69) is 4.98 Å². The first-order valence-corrected chi connectivity index (χ1v) is 10.8. The van der Waals surface area contributed by atoms with Crippen molar-refractivity contribution in [3.63, 3.8) is 0 Å². The Kier molecular flexibility index (Phi) is 3.67. The zero-order valence-electron chi connectivity index (χ0n) is 16.3. The van der Waals surface area contributed by atoms with Crippen molar-refractivity contribution in [1.29, 1.82) is 0 Å². The summed E-state index contributed by atoms with van der Waals surface area (Å²) in [7, 11) is 0. The van der Waals surface area contributed by atoms with Gasteiger partial charge in [-0.25, -0.2) is 9.37 Å². The average Bonchev–Trinajstić information content (AvgIpc) is 3.29. The molecule has 1 aromatic heterocycles. The molecule has 4 atom stereocenters. The van der Waals surface area contributed by atoms with Gasteiger partial charge in [0.05, 0.1) is 42.6 Å². The highest BCUT2D eigenvalue weighted by Gasteiger charge is 2.63. The number of benzene rings is 1. The summed E-state index contributed by atoms with van der Waals surface area (Å²) in [4.78, 5) is 4.25. The quantitative estimate of drug-likeness (QED) is 0.740. The Morgan fingerprint density at radius 1 is 1.21 bits per heavy atom. The van der Waals surface area contributed by atoms with Crippen LogP contribution in [0.25, 0.3) is 11.3 Å². The number of aliphatic hydroxyl groups is 3. The first-order valence-electron chi connectivity index (χ1n) is 10.8. The number of fused-ring (bicyclic) bond motifs is 3. The van der Waals surface area contributed by atoms with Crippen molar-refractivity contribution >= 4 is 0 Å². The van der Waals surface area contributed by atoms with Crippen molar-refractivity contribution in [2.24, 2.45) is 23.2 Å². The zero-order valence-corrected chi connectivity index (χ0v) is 16.3. The first-order chi connectivity index (χ1) is 13.9. The third-order valence-corrected chi connectivity index (χ3v) is 8.72. The molecular formula is C23H27FN2O3. The number of hydrogen-bond donors (Lipinski definition) is 3. The minimum atomic E-state index is -0.996. The molecule has 1 aliphatic heterocycles. The maximum atomic E-state index is 14.8. The summed E-state index contributed by atoms with van der Waals surface area (Å²) in [5, 5.41) is 32.4. The molecule has 4 bridgehead atoms. The van der Waals surface area contributed by atoms with Crippen LogP contribution in [-0.2, 0) is 0 Å². The summed E-state index contributed by atoms with van der Waals surface area (Å²) in [6.45, 7) is -0.194. The minimum Gasteiger partial charge on any atom is -0.393 e. The fraction of sp³-hybridized carbons (Fsp3) is 0.609. The van der Waals surface area contributed by atoms with Crippen molar-refractivity contribution in [3.8, 4) is 11.3 Å². The second-order valence-corrected chi connectivity index (χ2v) is 10.0. The van der Waals surface area contributed by atoms with Gasteiger partial charge in [0.15, 0.2) is 0 Å². The van der Waals surface area contributed by atoms with Gasteiger partial charge < -0.3 is 19.9 Å². The second-order valence-electron chi connectivity index (χ2n) is 10.0. The number of nitrogens with zero attached hydrogens (tertiary/aromatic N) is 2. The van der Waals surface area contributed by atoms with Crippen LogP contribution in [-0.4, -0.2) is 43.2 Å². The van der Waals surface area contributed by atoms with E-state index >= 15 is 0 Å². The predicted molar refractivity (Wildman–Crippen MR) is 104 cm³/mol. The molecule has 0 amide bonds. The van der Waals surface area contributed by atoms with E-state index in [1.165, 1.54) is 6.07 Å². The molecule has 4 fully saturated rings. The van der Waals surface area contributed by atoms with Crippen molar-refractivity contribution in [2.75, 3.05) is 6.61 Å². The molecule has 4 aliphatic carbocycles. The van der Waals surface area contributed by atoms with Crippen molar-refractivity contribution in [2.45, 2.75) is 56.3 Å². The highest BCUT2D eigenvalue weighted by atomic mass is 19.1. The Hall–Kier alpha value is -1.76. The predicted octanol–water partition coefficient (Wildman–Crippen LogP) is 2.89. The average molecular weight is 398 g/mol. The molecule has 7 rings (SSSR count). The Balaban J connectivity index is 1.33. The lowest BCUT2D eigenvalue weighted by Crippen LogP contribution is -2.65. The minimum absolute atomic E-state index is 0.0461. The van der Waals surface area contributed by atoms with Crippen LogP contribution in [0.15, 0.2) is 30.7 Å². The van der Waals surface area contributed by atoms with Gasteiger partial charge in [0.25, 0.3) is 0 Å². The molecule has 5 aliphatic rings. The van der Waals surface area contributed by atoms with Crippen LogP contribution in [0.4, 0.5) is 4.39 Å². The molecule has 4 saturated carbocycles. The van der Waals surface area contributed by atoms with Gasteiger partial charge in [-0.1, -0.05) is 12.1 Å². The topological polar surface area (TPSA) is 78.5 Å². The maximum Gasteiger partial charge on any atom is 0.129 e. The van der Waals surface area contributed by atoms with E-state index < -0.39 is 11.7 Å². The fourth-order valence-corrected chi connectivity index (χ4v) is 7.49. The first kappa shape index (κ1) is 18.0. The Morgan fingerprint density at radius 3 is 2.69 bits per heavy atom. The van der Waals surface area contributed by atoms with Gasteiger partial charge in [-0.15, -0.1) is 0 Å². The van der Waals surface area contributed by atoms with E-state index in [1.54, 1.807) is 18.6 Å². The summed E-state index contributed by atoms with van der Waals surface area (Å²) in [6, 6.07) is 4.87. The van der Waals surface area contributed by atoms with Gasteiger partial charge in [-0.3, -0.25) is 0 Å². The molecule has 0 radical (unpaired) electrons. The van der Waals surface area contributed by atoms with Crippen LogP contribution >= 0.6 is 0 Å². The zero-order chi connectivity index (χ0) is 20.0. The Labute approximate surface area is 169 Å². The third kappa shape index (κ3) is 2.28. The summed E-state index contributed by atoms with van der Waals surface area (Å²) in [5.41, 5.74) is 1.17. The van der Waals surface area contributed by atoms with Crippen LogP contribution in [0.1, 0.15) is 50.1 Å². The van der Waals surface area contributed by atoms with Crippen molar-refractivity contribution < 1.29 is 19.7 Å². The Morgan fingerprint density at radius 2 is 1.97 bits per heavy atom. The molecule has 4 unspecified atom stereocenters. The van der Waals surface area contributed by atoms with Crippen LogP contribution in [0.5, 0.6) is 0 Å². The molecule has 3 N–H and O–H groups in total. The number of imidazole rings is 1. The van der Waals surface area contributed by atoms with Gasteiger partial charge >= 0.3 is 0 Å². The monoisotopic (exact) mass is 398 g/mol. The molecule has 29 heavy (non-hydrogen) atoms. The van der Waals surface area contributed by atoms with Gasteiger partial charge in [0, 0.05) is 11.1 Å². The molecule has 154 valence electrons. The lowest BCUT2D eigenvalue weighted by Gasteiger charge is -2.64. The normalized spacial score (nSPS) is 40.1. The molecule has 0 saturated heterocycles. The molecule has 0 spiro atoms. The number of halogens is 1. The molecule has 5 nitrogen and oxygen atoms in total. The van der Waals surface area contributed by atoms with Crippen LogP contribution < -0.4 is 0 Å². The lowest BCUT2D eigenvalue weighted by molar-refractivity contribution is -0.236.